The van der Waals surface area contributed by atoms with Crippen LogP contribution in [0.4, 0.5) is 5.69 Å². The van der Waals surface area contributed by atoms with Gasteiger partial charge in [-0.15, -0.1) is 0 Å². The van der Waals surface area contributed by atoms with E-state index in [1.54, 1.807) is 6.07 Å². The summed E-state index contributed by atoms with van der Waals surface area (Å²) in [5.41, 5.74) is 7.06. The molecule has 0 heterocycles. The van der Waals surface area contributed by atoms with Gasteiger partial charge in [0.25, 0.3) is 5.91 Å². The second kappa shape index (κ2) is 5.63. The van der Waals surface area contributed by atoms with E-state index in [9.17, 15) is 9.90 Å². The fourth-order valence-corrected chi connectivity index (χ4v) is 1.86. The average Bonchev–Trinajstić information content (AvgIpc) is 2.40. The molecule has 0 bridgehead atoms. The van der Waals surface area contributed by atoms with E-state index in [4.69, 9.17) is 17.3 Å². The van der Waals surface area contributed by atoms with Crippen LogP contribution in [0.1, 0.15) is 15.9 Å². The molecule has 0 aromatic heterocycles. The Labute approximate surface area is 115 Å². The number of halogens is 1. The van der Waals surface area contributed by atoms with E-state index in [-0.39, 0.29) is 17.2 Å². The maximum atomic E-state index is 12.0. The standard InChI is InChI=1S/C14H13ClN2O2/c15-12-4-2-1-3-9(12)8-17-14(19)11-7-10(18)5-6-13(11)16/h1-7,18H,8,16H2,(H,17,19). The van der Waals surface area contributed by atoms with Gasteiger partial charge in [0, 0.05) is 17.3 Å². The fourth-order valence-electron chi connectivity index (χ4n) is 1.65. The molecule has 0 atom stereocenters. The molecule has 19 heavy (non-hydrogen) atoms. The summed E-state index contributed by atoms with van der Waals surface area (Å²) in [7, 11) is 0. The van der Waals surface area contributed by atoms with Crippen molar-refractivity contribution in [2.75, 3.05) is 5.73 Å². The smallest absolute Gasteiger partial charge is 0.253 e. The summed E-state index contributed by atoms with van der Waals surface area (Å²) in [5.74, 6) is -0.356. The number of rotatable bonds is 3. The SMILES string of the molecule is Nc1ccc(O)cc1C(=O)NCc1ccccc1Cl. The number of anilines is 1. The minimum atomic E-state index is -0.353. The molecule has 0 radical (unpaired) electrons. The van der Waals surface area contributed by atoms with E-state index in [0.29, 0.717) is 17.3 Å². The van der Waals surface area contributed by atoms with Crippen LogP contribution in [0.15, 0.2) is 42.5 Å². The minimum absolute atomic E-state index is 0.00269. The van der Waals surface area contributed by atoms with Crippen molar-refractivity contribution in [3.8, 4) is 5.75 Å². The lowest BCUT2D eigenvalue weighted by Gasteiger charge is -2.09. The zero-order valence-electron chi connectivity index (χ0n) is 10.1. The molecule has 2 aromatic carbocycles. The van der Waals surface area contributed by atoms with Crippen molar-refractivity contribution >= 4 is 23.2 Å². The summed E-state index contributed by atoms with van der Waals surface area (Å²) < 4.78 is 0. The van der Waals surface area contributed by atoms with Gasteiger partial charge in [-0.25, -0.2) is 0 Å². The lowest BCUT2D eigenvalue weighted by molar-refractivity contribution is 0.0951. The average molecular weight is 277 g/mol. The number of carbonyl (C=O) groups is 1. The Morgan fingerprint density at radius 2 is 2.00 bits per heavy atom. The first-order valence-electron chi connectivity index (χ1n) is 5.68. The van der Waals surface area contributed by atoms with Crippen LogP contribution in [-0.4, -0.2) is 11.0 Å². The first-order valence-corrected chi connectivity index (χ1v) is 6.06. The predicted molar refractivity (Wildman–Crippen MR) is 75.1 cm³/mol. The van der Waals surface area contributed by atoms with Gasteiger partial charge in [-0.3, -0.25) is 4.79 Å². The quantitative estimate of drug-likeness (QED) is 0.596. The van der Waals surface area contributed by atoms with Gasteiger partial charge in [0.05, 0.1) is 5.56 Å². The first kappa shape index (κ1) is 13.2. The van der Waals surface area contributed by atoms with E-state index in [2.05, 4.69) is 5.32 Å². The van der Waals surface area contributed by atoms with Crippen molar-refractivity contribution in [2.45, 2.75) is 6.54 Å². The Hall–Kier alpha value is -2.20. The Morgan fingerprint density at radius 3 is 2.74 bits per heavy atom. The van der Waals surface area contributed by atoms with Gasteiger partial charge in [0.2, 0.25) is 0 Å². The molecule has 0 fully saturated rings. The highest BCUT2D eigenvalue weighted by Gasteiger charge is 2.10. The van der Waals surface area contributed by atoms with Crippen LogP contribution >= 0.6 is 11.6 Å². The van der Waals surface area contributed by atoms with E-state index in [0.717, 1.165) is 5.56 Å². The number of nitrogens with two attached hydrogens (primary N) is 1. The van der Waals surface area contributed by atoms with Crippen molar-refractivity contribution in [3.05, 3.63) is 58.6 Å². The number of carbonyl (C=O) groups excluding carboxylic acids is 1. The molecule has 5 heteroatoms. The molecule has 1 amide bonds. The zero-order chi connectivity index (χ0) is 13.8. The van der Waals surface area contributed by atoms with Crippen LogP contribution < -0.4 is 11.1 Å². The number of nitrogen functional groups attached to an aromatic ring is 1. The Kier molecular flexibility index (Phi) is 3.92. The highest BCUT2D eigenvalue weighted by atomic mass is 35.5. The third-order valence-corrected chi connectivity index (χ3v) is 3.05. The Morgan fingerprint density at radius 1 is 1.26 bits per heavy atom. The zero-order valence-corrected chi connectivity index (χ0v) is 10.8. The van der Waals surface area contributed by atoms with Crippen molar-refractivity contribution < 1.29 is 9.90 Å². The van der Waals surface area contributed by atoms with Crippen LogP contribution in [-0.2, 0) is 6.54 Å². The molecule has 0 spiro atoms. The molecule has 0 aliphatic heterocycles. The largest absolute Gasteiger partial charge is 0.508 e. The second-order valence-electron chi connectivity index (χ2n) is 4.05. The molecule has 4 N–H and O–H groups in total. The normalized spacial score (nSPS) is 10.2. The molecule has 0 saturated carbocycles. The van der Waals surface area contributed by atoms with Crippen molar-refractivity contribution in [1.82, 2.24) is 5.32 Å². The maximum absolute atomic E-state index is 12.0. The topological polar surface area (TPSA) is 75.3 Å². The van der Waals surface area contributed by atoms with Gasteiger partial charge >= 0.3 is 0 Å². The summed E-state index contributed by atoms with van der Waals surface area (Å²) in [5, 5.41) is 12.7. The number of hydrogen-bond acceptors (Lipinski definition) is 3. The molecule has 0 saturated heterocycles. The third-order valence-electron chi connectivity index (χ3n) is 2.68. The highest BCUT2D eigenvalue weighted by molar-refractivity contribution is 6.31. The lowest BCUT2D eigenvalue weighted by Crippen LogP contribution is -2.23. The van der Waals surface area contributed by atoms with E-state index in [1.807, 2.05) is 18.2 Å². The first-order chi connectivity index (χ1) is 9.08. The highest BCUT2D eigenvalue weighted by Crippen LogP contribution is 2.19. The maximum Gasteiger partial charge on any atom is 0.253 e. The molecule has 4 nitrogen and oxygen atoms in total. The number of aromatic hydroxyl groups is 1. The summed E-state index contributed by atoms with van der Waals surface area (Å²) in [6.45, 7) is 0.299. The summed E-state index contributed by atoms with van der Waals surface area (Å²) in [4.78, 5) is 12.0. The molecule has 2 aromatic rings. The number of phenolic OH excluding ortho intramolecular Hbond substituents is 1. The van der Waals surface area contributed by atoms with Gasteiger partial charge in [-0.05, 0) is 29.8 Å². The van der Waals surface area contributed by atoms with Crippen LogP contribution in [0.5, 0.6) is 5.75 Å². The number of phenols is 1. The van der Waals surface area contributed by atoms with E-state index in [1.165, 1.54) is 18.2 Å². The van der Waals surface area contributed by atoms with Gasteiger partial charge in [-0.2, -0.15) is 0 Å². The van der Waals surface area contributed by atoms with Gasteiger partial charge in [0.1, 0.15) is 5.75 Å². The van der Waals surface area contributed by atoms with Crippen LogP contribution in [0, 0.1) is 0 Å². The third kappa shape index (κ3) is 3.17. The molecule has 0 aliphatic rings. The fraction of sp³-hybridized carbons (Fsp3) is 0.0714. The molecular formula is C14H13ClN2O2. The molecule has 0 aliphatic carbocycles. The van der Waals surface area contributed by atoms with E-state index >= 15 is 0 Å². The Bertz CT molecular complexity index is 614. The predicted octanol–water partition coefficient (Wildman–Crippen LogP) is 2.56. The number of hydrogen-bond donors (Lipinski definition) is 3. The summed E-state index contributed by atoms with van der Waals surface area (Å²) >= 11 is 5.99. The summed E-state index contributed by atoms with van der Waals surface area (Å²) in [6.07, 6.45) is 0. The summed E-state index contributed by atoms with van der Waals surface area (Å²) in [6, 6.07) is 11.5. The minimum Gasteiger partial charge on any atom is -0.508 e. The van der Waals surface area contributed by atoms with Gasteiger partial charge < -0.3 is 16.2 Å². The molecule has 98 valence electrons. The molecule has 2 rings (SSSR count). The van der Waals surface area contributed by atoms with Crippen molar-refractivity contribution in [1.29, 1.82) is 0 Å². The monoisotopic (exact) mass is 276 g/mol. The van der Waals surface area contributed by atoms with E-state index < -0.39 is 0 Å². The van der Waals surface area contributed by atoms with Crippen LogP contribution in [0.3, 0.4) is 0 Å². The number of amides is 1. The molecule has 0 unspecified atom stereocenters. The van der Waals surface area contributed by atoms with Crippen LogP contribution in [0.2, 0.25) is 5.02 Å². The molecular weight excluding hydrogens is 264 g/mol. The van der Waals surface area contributed by atoms with Crippen molar-refractivity contribution in [3.63, 3.8) is 0 Å². The lowest BCUT2D eigenvalue weighted by atomic mass is 10.1. The number of nitrogens with one attached hydrogen (secondary N) is 1. The van der Waals surface area contributed by atoms with Gasteiger partial charge in [0.15, 0.2) is 0 Å². The Balaban J connectivity index is 2.10. The van der Waals surface area contributed by atoms with Crippen molar-refractivity contribution in [2.24, 2.45) is 0 Å². The van der Waals surface area contributed by atoms with Crippen LogP contribution in [0.25, 0.3) is 0 Å². The van der Waals surface area contributed by atoms with Gasteiger partial charge in [-0.1, -0.05) is 29.8 Å². The number of benzene rings is 2. The second-order valence-corrected chi connectivity index (χ2v) is 4.45.